The summed E-state index contributed by atoms with van der Waals surface area (Å²) < 4.78 is 12.8. The molecule has 3 heterocycles. The summed E-state index contributed by atoms with van der Waals surface area (Å²) in [6.07, 6.45) is 0. The van der Waals surface area contributed by atoms with Gasteiger partial charge in [0.1, 0.15) is 12.4 Å². The minimum absolute atomic E-state index is 0. The molecule has 1 saturated heterocycles. The van der Waals surface area contributed by atoms with Crippen molar-refractivity contribution in [2.24, 2.45) is 12.0 Å². The molecule has 0 atom stereocenters. The zero-order valence-electron chi connectivity index (χ0n) is 18.2. The van der Waals surface area contributed by atoms with E-state index in [-0.39, 0.29) is 24.0 Å². The lowest BCUT2D eigenvalue weighted by Crippen LogP contribution is -2.44. The molecule has 10 nitrogen and oxygen atoms in total. The zero-order chi connectivity index (χ0) is 20.6. The topological polar surface area (TPSA) is 106 Å². The fraction of sp³-hybridized carbons (Fsp3) is 0.684. The third-order valence-corrected chi connectivity index (χ3v) is 4.98. The smallest absolute Gasteiger partial charge is 0.192 e. The number of morpholine rings is 1. The summed E-state index contributed by atoms with van der Waals surface area (Å²) >= 11 is 0. The van der Waals surface area contributed by atoms with Gasteiger partial charge < -0.3 is 24.5 Å². The van der Waals surface area contributed by atoms with E-state index in [0.717, 1.165) is 62.5 Å². The molecular formula is C19H33IN8O2. The second-order valence-electron chi connectivity index (χ2n) is 7.49. The molecule has 30 heavy (non-hydrogen) atoms. The molecule has 0 bridgehead atoms. The molecule has 1 aliphatic rings. The van der Waals surface area contributed by atoms with Gasteiger partial charge in [0.15, 0.2) is 17.5 Å². The number of rotatable bonds is 8. The van der Waals surface area contributed by atoms with E-state index in [9.17, 15) is 0 Å². The summed E-state index contributed by atoms with van der Waals surface area (Å²) in [6.45, 7) is 12.3. The van der Waals surface area contributed by atoms with Gasteiger partial charge in [-0.15, -0.1) is 34.2 Å². The van der Waals surface area contributed by atoms with E-state index in [0.29, 0.717) is 25.0 Å². The number of hydrogen-bond donors (Lipinski definition) is 2. The first kappa shape index (κ1) is 24.5. The fourth-order valence-electron chi connectivity index (χ4n) is 2.93. The normalized spacial score (nSPS) is 15.3. The van der Waals surface area contributed by atoms with Gasteiger partial charge in [0.2, 0.25) is 0 Å². The number of aryl methyl sites for hydroxylation is 1. The van der Waals surface area contributed by atoms with E-state index in [1.165, 1.54) is 0 Å². The molecular weight excluding hydrogens is 499 g/mol. The van der Waals surface area contributed by atoms with Gasteiger partial charge in [0.05, 0.1) is 25.5 Å². The molecule has 0 aromatic carbocycles. The third kappa shape index (κ3) is 7.20. The maximum absolute atomic E-state index is 5.42. The number of hydrogen-bond acceptors (Lipinski definition) is 7. The van der Waals surface area contributed by atoms with Crippen molar-refractivity contribution < 1.29 is 9.26 Å². The van der Waals surface area contributed by atoms with E-state index in [1.54, 1.807) is 0 Å². The molecule has 0 amide bonds. The van der Waals surface area contributed by atoms with Crippen molar-refractivity contribution >= 4 is 29.9 Å². The highest BCUT2D eigenvalue weighted by molar-refractivity contribution is 14.0. The maximum atomic E-state index is 5.42. The van der Waals surface area contributed by atoms with Crippen molar-refractivity contribution in [2.45, 2.75) is 39.8 Å². The van der Waals surface area contributed by atoms with Crippen LogP contribution in [0.3, 0.4) is 0 Å². The predicted octanol–water partition coefficient (Wildman–Crippen LogP) is 1.42. The number of aromatic nitrogens is 4. The maximum Gasteiger partial charge on any atom is 0.192 e. The number of guanidine groups is 1. The Morgan fingerprint density at radius 2 is 2.00 bits per heavy atom. The molecule has 2 aromatic heterocycles. The first-order valence-corrected chi connectivity index (χ1v) is 10.2. The van der Waals surface area contributed by atoms with Crippen molar-refractivity contribution in [3.05, 3.63) is 29.2 Å². The SMILES string of the molecule is Cc1nnc(CN=C(NCCN2CCOCC2)NCc2cc(C(C)C)no2)n1C.I. The molecule has 0 radical (unpaired) electrons. The van der Waals surface area contributed by atoms with Gasteiger partial charge in [0.25, 0.3) is 0 Å². The highest BCUT2D eigenvalue weighted by Crippen LogP contribution is 2.13. The zero-order valence-corrected chi connectivity index (χ0v) is 20.5. The Morgan fingerprint density at radius 1 is 1.23 bits per heavy atom. The van der Waals surface area contributed by atoms with E-state index in [2.05, 4.69) is 49.7 Å². The lowest BCUT2D eigenvalue weighted by molar-refractivity contribution is 0.0389. The molecule has 1 fully saturated rings. The second kappa shape index (κ2) is 12.2. The monoisotopic (exact) mass is 532 g/mol. The van der Waals surface area contributed by atoms with Gasteiger partial charge in [-0.2, -0.15) is 0 Å². The minimum Gasteiger partial charge on any atom is -0.379 e. The Bertz CT molecular complexity index is 798. The Hall–Kier alpha value is -1.73. The van der Waals surface area contributed by atoms with E-state index in [1.807, 2.05) is 24.6 Å². The average molecular weight is 532 g/mol. The first-order valence-electron chi connectivity index (χ1n) is 10.2. The molecule has 2 aromatic rings. The Kier molecular flexibility index (Phi) is 9.98. The van der Waals surface area contributed by atoms with Crippen LogP contribution in [0.4, 0.5) is 0 Å². The van der Waals surface area contributed by atoms with Gasteiger partial charge in [-0.1, -0.05) is 19.0 Å². The highest BCUT2D eigenvalue weighted by Gasteiger charge is 2.12. The van der Waals surface area contributed by atoms with Gasteiger partial charge in [-0.3, -0.25) is 4.90 Å². The summed E-state index contributed by atoms with van der Waals surface area (Å²) in [7, 11) is 1.95. The van der Waals surface area contributed by atoms with E-state index >= 15 is 0 Å². The van der Waals surface area contributed by atoms with Crippen LogP contribution in [0.25, 0.3) is 0 Å². The van der Waals surface area contributed by atoms with Crippen LogP contribution in [0.2, 0.25) is 0 Å². The largest absolute Gasteiger partial charge is 0.379 e. The van der Waals surface area contributed by atoms with Crippen molar-refractivity contribution in [3.8, 4) is 0 Å². The molecule has 0 spiro atoms. The minimum atomic E-state index is 0. The number of nitrogens with one attached hydrogen (secondary N) is 2. The average Bonchev–Trinajstić information content (AvgIpc) is 3.32. The summed E-state index contributed by atoms with van der Waals surface area (Å²) in [5.74, 6) is 3.52. The van der Waals surface area contributed by atoms with Gasteiger partial charge in [-0.05, 0) is 12.8 Å². The van der Waals surface area contributed by atoms with E-state index < -0.39 is 0 Å². The van der Waals surface area contributed by atoms with Crippen LogP contribution >= 0.6 is 24.0 Å². The van der Waals surface area contributed by atoms with Gasteiger partial charge in [-0.25, -0.2) is 4.99 Å². The summed E-state index contributed by atoms with van der Waals surface area (Å²) in [6, 6.07) is 1.98. The Balaban J connectivity index is 0.00000320. The van der Waals surface area contributed by atoms with Crippen LogP contribution in [0.5, 0.6) is 0 Å². The Labute approximate surface area is 194 Å². The quantitative estimate of drug-likeness (QED) is 0.299. The van der Waals surface area contributed by atoms with Crippen molar-refractivity contribution in [1.82, 2.24) is 35.5 Å². The summed E-state index contributed by atoms with van der Waals surface area (Å²) in [5, 5.41) is 19.1. The number of aliphatic imine (C=N–C) groups is 1. The van der Waals surface area contributed by atoms with Crippen LogP contribution in [0, 0.1) is 6.92 Å². The fourth-order valence-corrected chi connectivity index (χ4v) is 2.93. The summed E-state index contributed by atoms with van der Waals surface area (Å²) in [4.78, 5) is 7.05. The van der Waals surface area contributed by atoms with Gasteiger partial charge in [0, 0.05) is 39.3 Å². The number of nitrogens with zero attached hydrogens (tertiary/aromatic N) is 6. The molecule has 0 saturated carbocycles. The van der Waals surface area contributed by atoms with Crippen LogP contribution in [-0.4, -0.2) is 70.2 Å². The van der Waals surface area contributed by atoms with Crippen molar-refractivity contribution in [1.29, 1.82) is 0 Å². The molecule has 3 rings (SSSR count). The lowest BCUT2D eigenvalue weighted by Gasteiger charge is -2.26. The van der Waals surface area contributed by atoms with Crippen LogP contribution in [0.1, 0.15) is 42.9 Å². The molecule has 11 heteroatoms. The lowest BCUT2D eigenvalue weighted by atomic mass is 10.1. The second-order valence-corrected chi connectivity index (χ2v) is 7.49. The molecule has 2 N–H and O–H groups in total. The van der Waals surface area contributed by atoms with Gasteiger partial charge >= 0.3 is 0 Å². The van der Waals surface area contributed by atoms with Crippen LogP contribution < -0.4 is 10.6 Å². The molecule has 1 aliphatic heterocycles. The number of ether oxygens (including phenoxy) is 1. The standard InChI is InChI=1S/C19H32N8O2.HI/c1-14(2)17-11-16(29-25-17)12-21-19(20-5-6-27-7-9-28-10-8-27)22-13-18-24-23-15(3)26(18)4;/h11,14H,5-10,12-13H2,1-4H3,(H2,20,21,22);1H. The predicted molar refractivity (Wildman–Crippen MR) is 125 cm³/mol. The molecule has 0 aliphatic carbocycles. The molecule has 168 valence electrons. The number of halogens is 1. The Morgan fingerprint density at radius 3 is 2.63 bits per heavy atom. The van der Waals surface area contributed by atoms with Crippen LogP contribution in [0.15, 0.2) is 15.6 Å². The highest BCUT2D eigenvalue weighted by atomic mass is 127. The van der Waals surface area contributed by atoms with Crippen LogP contribution in [-0.2, 0) is 24.9 Å². The summed E-state index contributed by atoms with van der Waals surface area (Å²) in [5.41, 5.74) is 0.954. The van der Waals surface area contributed by atoms with Crippen molar-refractivity contribution in [2.75, 3.05) is 39.4 Å². The third-order valence-electron chi connectivity index (χ3n) is 4.98. The van der Waals surface area contributed by atoms with E-state index in [4.69, 9.17) is 9.26 Å². The molecule has 0 unspecified atom stereocenters. The van der Waals surface area contributed by atoms with Crippen molar-refractivity contribution in [3.63, 3.8) is 0 Å². The first-order chi connectivity index (χ1) is 14.0.